The van der Waals surface area contributed by atoms with Crippen molar-refractivity contribution in [3.8, 4) is 5.75 Å². The lowest BCUT2D eigenvalue weighted by atomic mass is 9.53. The molecule has 32 heavy (non-hydrogen) atoms. The van der Waals surface area contributed by atoms with Gasteiger partial charge >= 0.3 is 0 Å². The van der Waals surface area contributed by atoms with Gasteiger partial charge in [-0.1, -0.05) is 12.1 Å². The monoisotopic (exact) mass is 441 g/mol. The molecule has 2 N–H and O–H groups in total. The quantitative estimate of drug-likeness (QED) is 0.596. The molecule has 2 spiro atoms. The van der Waals surface area contributed by atoms with Gasteiger partial charge in [-0.05, 0) is 101 Å². The summed E-state index contributed by atoms with van der Waals surface area (Å²) in [5.74, 6) is 3.36. The van der Waals surface area contributed by atoms with Gasteiger partial charge in [0.25, 0.3) is 0 Å². The molecule has 1 aromatic rings. The van der Waals surface area contributed by atoms with Crippen LogP contribution in [0.1, 0.15) is 89.5 Å². The second kappa shape index (κ2) is 7.69. The Morgan fingerprint density at radius 1 is 0.938 bits per heavy atom. The number of hydrogen-bond acceptors (Lipinski definition) is 5. The van der Waals surface area contributed by atoms with Gasteiger partial charge in [0.15, 0.2) is 0 Å². The van der Waals surface area contributed by atoms with Gasteiger partial charge in [-0.2, -0.15) is 9.78 Å². The van der Waals surface area contributed by atoms with Gasteiger partial charge in [0.05, 0.1) is 6.61 Å². The first-order valence-electron chi connectivity index (χ1n) is 12.9. The molecule has 0 atom stereocenters. The van der Waals surface area contributed by atoms with Crippen LogP contribution in [-0.4, -0.2) is 23.7 Å². The molecule has 176 valence electrons. The minimum atomic E-state index is -0.524. The standard InChI is InChI=1S/C27H39NO4/c1-25(2,28)11-12-29-24-5-3-20(4-6-24)21-7-9-26(10-8-21)30-27(32-31-26)22-14-18-13-19(16-22)17-23(27)15-18/h3-6,18-19,21-23H,7-17,28H2,1-2H3. The minimum absolute atomic E-state index is 0.193. The predicted molar refractivity (Wildman–Crippen MR) is 122 cm³/mol. The van der Waals surface area contributed by atoms with Gasteiger partial charge < -0.3 is 15.2 Å². The molecule has 0 aromatic heterocycles. The zero-order valence-corrected chi connectivity index (χ0v) is 19.7. The Hall–Kier alpha value is -1.14. The van der Waals surface area contributed by atoms with Gasteiger partial charge in [-0.3, -0.25) is 0 Å². The molecule has 6 fully saturated rings. The van der Waals surface area contributed by atoms with Crippen molar-refractivity contribution in [2.45, 2.75) is 101 Å². The zero-order valence-electron chi connectivity index (χ0n) is 19.7. The van der Waals surface area contributed by atoms with Gasteiger partial charge in [-0.15, -0.1) is 0 Å². The molecular formula is C27H39NO4. The van der Waals surface area contributed by atoms with Crippen LogP contribution in [0.4, 0.5) is 0 Å². The van der Waals surface area contributed by atoms with Crippen LogP contribution in [0.2, 0.25) is 0 Å². The molecule has 0 unspecified atom stereocenters. The first-order valence-corrected chi connectivity index (χ1v) is 12.9. The van der Waals surface area contributed by atoms with E-state index in [1.54, 1.807) is 0 Å². The third-order valence-electron chi connectivity index (χ3n) is 9.06. The summed E-state index contributed by atoms with van der Waals surface area (Å²) in [7, 11) is 0. The van der Waals surface area contributed by atoms with Crippen LogP contribution in [0.3, 0.4) is 0 Å². The molecule has 7 rings (SSSR count). The Labute approximate surface area is 192 Å². The highest BCUT2D eigenvalue weighted by Gasteiger charge is 2.66. The average Bonchev–Trinajstić information content (AvgIpc) is 3.12. The summed E-state index contributed by atoms with van der Waals surface area (Å²) in [5.41, 5.74) is 7.23. The lowest BCUT2D eigenvalue weighted by Crippen LogP contribution is -2.59. The van der Waals surface area contributed by atoms with Crippen molar-refractivity contribution in [1.82, 2.24) is 0 Å². The summed E-state index contributed by atoms with van der Waals surface area (Å²) >= 11 is 0. The summed E-state index contributed by atoms with van der Waals surface area (Å²) in [5, 5.41) is 0. The maximum atomic E-state index is 6.85. The Bertz CT molecular complexity index is 793. The van der Waals surface area contributed by atoms with Crippen LogP contribution >= 0.6 is 0 Å². The van der Waals surface area contributed by atoms with Crippen molar-refractivity contribution < 1.29 is 19.2 Å². The third kappa shape index (κ3) is 3.79. The Morgan fingerprint density at radius 3 is 2.16 bits per heavy atom. The highest BCUT2D eigenvalue weighted by atomic mass is 17.3. The van der Waals surface area contributed by atoms with E-state index in [0.717, 1.165) is 49.7 Å². The van der Waals surface area contributed by atoms with Gasteiger partial charge in [-0.25, -0.2) is 0 Å². The van der Waals surface area contributed by atoms with Crippen molar-refractivity contribution in [1.29, 1.82) is 0 Å². The summed E-state index contributed by atoms with van der Waals surface area (Å²) in [4.78, 5) is 12.3. The van der Waals surface area contributed by atoms with Crippen molar-refractivity contribution >= 4 is 0 Å². The lowest BCUT2D eigenvalue weighted by molar-refractivity contribution is -0.390. The maximum absolute atomic E-state index is 6.85. The molecule has 1 heterocycles. The van der Waals surface area contributed by atoms with E-state index >= 15 is 0 Å². The summed E-state index contributed by atoms with van der Waals surface area (Å²) in [6.07, 6.45) is 11.3. The summed E-state index contributed by atoms with van der Waals surface area (Å²) in [6.45, 7) is 4.71. The van der Waals surface area contributed by atoms with Gasteiger partial charge in [0, 0.05) is 30.2 Å². The maximum Gasteiger partial charge on any atom is 0.210 e. The highest BCUT2D eigenvalue weighted by Crippen LogP contribution is 2.64. The molecule has 6 aliphatic rings. The Balaban J connectivity index is 1.05. The molecule has 5 heteroatoms. The fourth-order valence-electron chi connectivity index (χ4n) is 7.45. The second-order valence-electron chi connectivity index (χ2n) is 12.1. The van der Waals surface area contributed by atoms with E-state index in [-0.39, 0.29) is 5.54 Å². The van der Waals surface area contributed by atoms with Crippen LogP contribution < -0.4 is 10.5 Å². The van der Waals surface area contributed by atoms with E-state index in [2.05, 4.69) is 24.3 Å². The van der Waals surface area contributed by atoms with E-state index < -0.39 is 11.6 Å². The Morgan fingerprint density at radius 2 is 1.56 bits per heavy atom. The van der Waals surface area contributed by atoms with Gasteiger partial charge in [0.1, 0.15) is 5.75 Å². The van der Waals surface area contributed by atoms with E-state index in [1.165, 1.54) is 37.7 Å². The fraction of sp³-hybridized carbons (Fsp3) is 0.778. The van der Waals surface area contributed by atoms with E-state index in [0.29, 0.717) is 24.4 Å². The third-order valence-corrected chi connectivity index (χ3v) is 9.06. The largest absolute Gasteiger partial charge is 0.494 e. The van der Waals surface area contributed by atoms with Crippen LogP contribution in [0.25, 0.3) is 0 Å². The fourth-order valence-corrected chi connectivity index (χ4v) is 7.45. The zero-order chi connectivity index (χ0) is 22.0. The molecule has 1 saturated heterocycles. The highest BCUT2D eigenvalue weighted by molar-refractivity contribution is 5.30. The number of rotatable bonds is 5. The molecule has 1 aromatic carbocycles. The minimum Gasteiger partial charge on any atom is -0.494 e. The normalized spacial score (nSPS) is 42.8. The SMILES string of the molecule is CC(C)(N)CCOc1ccc(C2CCC3(CC2)OOC2(O3)C3CC4CC(C3)CC2C4)cc1. The molecule has 5 saturated carbocycles. The Kier molecular flexibility index (Phi) is 5.14. The number of nitrogens with two attached hydrogens (primary N) is 1. The van der Waals surface area contributed by atoms with Crippen molar-refractivity contribution in [3.63, 3.8) is 0 Å². The molecule has 4 bridgehead atoms. The molecule has 5 aliphatic carbocycles. The second-order valence-corrected chi connectivity index (χ2v) is 12.1. The molecule has 1 aliphatic heterocycles. The topological polar surface area (TPSA) is 62.9 Å². The van der Waals surface area contributed by atoms with Crippen LogP contribution in [0, 0.1) is 23.7 Å². The predicted octanol–water partition coefficient (Wildman–Crippen LogP) is 5.68. The lowest BCUT2D eigenvalue weighted by Gasteiger charge is -2.57. The molecule has 0 amide bonds. The van der Waals surface area contributed by atoms with Crippen molar-refractivity contribution in [3.05, 3.63) is 29.8 Å². The molecular weight excluding hydrogens is 402 g/mol. The first kappa shape index (κ1) is 21.4. The van der Waals surface area contributed by atoms with E-state index in [9.17, 15) is 0 Å². The van der Waals surface area contributed by atoms with Crippen molar-refractivity contribution in [2.24, 2.45) is 29.4 Å². The molecule has 0 radical (unpaired) electrons. The average molecular weight is 442 g/mol. The van der Waals surface area contributed by atoms with Crippen LogP contribution in [0.15, 0.2) is 24.3 Å². The number of hydrogen-bond donors (Lipinski definition) is 1. The van der Waals surface area contributed by atoms with Crippen molar-refractivity contribution in [2.75, 3.05) is 6.61 Å². The summed E-state index contributed by atoms with van der Waals surface area (Å²) in [6, 6.07) is 8.63. The first-order chi connectivity index (χ1) is 15.3. The van der Waals surface area contributed by atoms with E-state index in [1.807, 2.05) is 13.8 Å². The summed E-state index contributed by atoms with van der Waals surface area (Å²) < 4.78 is 12.7. The van der Waals surface area contributed by atoms with Crippen LogP contribution in [0.5, 0.6) is 5.75 Å². The van der Waals surface area contributed by atoms with Crippen LogP contribution in [-0.2, 0) is 14.5 Å². The number of ether oxygens (including phenoxy) is 2. The van der Waals surface area contributed by atoms with E-state index in [4.69, 9.17) is 25.0 Å². The van der Waals surface area contributed by atoms with Gasteiger partial charge in [0.2, 0.25) is 11.6 Å². The number of benzene rings is 1. The molecule has 5 nitrogen and oxygen atoms in total. The smallest absolute Gasteiger partial charge is 0.210 e.